The van der Waals surface area contributed by atoms with Gasteiger partial charge in [-0.3, -0.25) is 0 Å². The Kier molecular flexibility index (Phi) is 8.00. The predicted molar refractivity (Wildman–Crippen MR) is 81.5 cm³/mol. The van der Waals surface area contributed by atoms with Crippen LogP contribution in [-0.4, -0.2) is 58.1 Å². The summed E-state index contributed by atoms with van der Waals surface area (Å²) >= 11 is 0. The van der Waals surface area contributed by atoms with Gasteiger partial charge in [0.2, 0.25) is 0 Å². The van der Waals surface area contributed by atoms with E-state index in [9.17, 15) is 0 Å². The number of hydrogen-bond donors (Lipinski definition) is 2. The lowest BCUT2D eigenvalue weighted by Gasteiger charge is -2.53. The molecule has 0 amide bonds. The number of rotatable bonds is 4. The molecule has 0 atom stereocenters. The molecule has 0 spiro atoms. The molecule has 0 aromatic rings. The van der Waals surface area contributed by atoms with Crippen molar-refractivity contribution in [3.05, 3.63) is 0 Å². The zero-order valence-electron chi connectivity index (χ0n) is 14.4. The fourth-order valence-electron chi connectivity index (χ4n) is 3.07. The number of nitrogens with zero attached hydrogens (tertiary/aromatic N) is 1. The van der Waals surface area contributed by atoms with Crippen LogP contribution < -0.4 is 0 Å². The zero-order valence-corrected chi connectivity index (χ0v) is 14.4. The van der Waals surface area contributed by atoms with Crippen molar-refractivity contribution in [3.8, 4) is 0 Å². The minimum absolute atomic E-state index is 0.0366. The van der Waals surface area contributed by atoms with E-state index in [0.717, 1.165) is 25.9 Å². The van der Waals surface area contributed by atoms with Crippen LogP contribution in [0.25, 0.3) is 0 Å². The summed E-state index contributed by atoms with van der Waals surface area (Å²) in [6.45, 7) is 11.9. The summed E-state index contributed by atoms with van der Waals surface area (Å²) in [5, 5.41) is 16.9. The van der Waals surface area contributed by atoms with Gasteiger partial charge in [0.15, 0.2) is 0 Å². The van der Waals surface area contributed by atoms with Crippen LogP contribution in [-0.2, 0) is 19.2 Å². The molecule has 1 fully saturated rings. The van der Waals surface area contributed by atoms with Crippen LogP contribution in [0.15, 0.2) is 0 Å². The molecule has 7 nitrogen and oxygen atoms in total. The second-order valence-electron chi connectivity index (χ2n) is 6.61. The molecular formula is C15H29NO6. The number of carbonyl (C=O) groups is 2. The summed E-state index contributed by atoms with van der Waals surface area (Å²) < 4.78 is 5.91. The van der Waals surface area contributed by atoms with Gasteiger partial charge in [0.05, 0.1) is 13.2 Å². The number of piperidine rings is 1. The number of hydroxylamine groups is 2. The first-order chi connectivity index (χ1) is 9.97. The van der Waals surface area contributed by atoms with E-state index in [4.69, 9.17) is 29.4 Å². The molecule has 0 unspecified atom stereocenters. The average Bonchev–Trinajstić information content (AvgIpc) is 2.34. The molecule has 2 N–H and O–H groups in total. The quantitative estimate of drug-likeness (QED) is 0.766. The predicted octanol–water partition coefficient (Wildman–Crippen LogP) is 2.15. The van der Waals surface area contributed by atoms with Crippen molar-refractivity contribution in [2.24, 2.45) is 0 Å². The molecule has 130 valence electrons. The maximum absolute atomic E-state index is 9.10. The summed E-state index contributed by atoms with van der Waals surface area (Å²) in [5.74, 6) is -3.65. The maximum Gasteiger partial charge on any atom is 0.414 e. The summed E-state index contributed by atoms with van der Waals surface area (Å²) in [4.78, 5) is 23.8. The van der Waals surface area contributed by atoms with Crippen molar-refractivity contribution >= 4 is 11.9 Å². The van der Waals surface area contributed by atoms with Crippen molar-refractivity contribution < 1.29 is 29.4 Å². The Labute approximate surface area is 132 Å². The molecule has 7 heteroatoms. The average molecular weight is 319 g/mol. The van der Waals surface area contributed by atoms with E-state index in [2.05, 4.69) is 39.7 Å². The van der Waals surface area contributed by atoms with Crippen LogP contribution in [0.3, 0.4) is 0 Å². The van der Waals surface area contributed by atoms with Crippen LogP contribution in [0.1, 0.15) is 53.9 Å². The molecule has 0 saturated carbocycles. The van der Waals surface area contributed by atoms with E-state index >= 15 is 0 Å². The van der Waals surface area contributed by atoms with E-state index in [1.54, 1.807) is 7.11 Å². The van der Waals surface area contributed by atoms with Crippen LogP contribution in [0, 0.1) is 0 Å². The first-order valence-electron chi connectivity index (χ1n) is 7.40. The second kappa shape index (κ2) is 8.45. The lowest BCUT2D eigenvalue weighted by molar-refractivity contribution is -0.279. The summed E-state index contributed by atoms with van der Waals surface area (Å²) in [7, 11) is 1.76. The maximum atomic E-state index is 9.10. The largest absolute Gasteiger partial charge is 0.473 e. The highest BCUT2D eigenvalue weighted by Gasteiger charge is 2.46. The van der Waals surface area contributed by atoms with E-state index in [-0.39, 0.29) is 11.1 Å². The third-order valence-electron chi connectivity index (χ3n) is 3.48. The highest BCUT2D eigenvalue weighted by atomic mass is 16.7. The van der Waals surface area contributed by atoms with Gasteiger partial charge in [0, 0.05) is 17.7 Å². The molecule has 1 aliphatic heterocycles. The van der Waals surface area contributed by atoms with Gasteiger partial charge < -0.3 is 19.8 Å². The van der Waals surface area contributed by atoms with Gasteiger partial charge in [-0.1, -0.05) is 6.92 Å². The molecule has 0 aliphatic carbocycles. The molecule has 1 rings (SSSR count). The van der Waals surface area contributed by atoms with Crippen molar-refractivity contribution in [1.82, 2.24) is 5.06 Å². The standard InChI is InChI=1S/C13H27NO2.C2H2O4/c1-7-8-16-11-9-12(2,3)14(15-6)13(4,5)10-11;3-1(4)2(5)6/h11H,7-10H2,1-6H3;(H,3,4)(H,5,6). The van der Waals surface area contributed by atoms with Gasteiger partial charge in [-0.25, -0.2) is 9.59 Å². The van der Waals surface area contributed by atoms with Gasteiger partial charge in [-0.2, -0.15) is 5.06 Å². The Morgan fingerprint density at radius 3 is 1.77 bits per heavy atom. The van der Waals surface area contributed by atoms with Crippen LogP contribution in [0.4, 0.5) is 0 Å². The first kappa shape index (κ1) is 20.8. The molecule has 1 heterocycles. The summed E-state index contributed by atoms with van der Waals surface area (Å²) in [6, 6.07) is 0. The fourth-order valence-corrected chi connectivity index (χ4v) is 3.07. The Bertz CT molecular complexity index is 350. The topological polar surface area (TPSA) is 96.3 Å². The van der Waals surface area contributed by atoms with Crippen LogP contribution in [0.2, 0.25) is 0 Å². The monoisotopic (exact) mass is 319 g/mol. The molecule has 0 aromatic carbocycles. The fraction of sp³-hybridized carbons (Fsp3) is 0.867. The lowest BCUT2D eigenvalue weighted by atomic mass is 9.80. The smallest absolute Gasteiger partial charge is 0.414 e. The van der Waals surface area contributed by atoms with E-state index in [1.165, 1.54) is 0 Å². The normalized spacial score (nSPS) is 20.8. The number of carboxylic acid groups (broad SMARTS) is 2. The molecule has 0 radical (unpaired) electrons. The Balaban J connectivity index is 0.000000626. The van der Waals surface area contributed by atoms with E-state index in [1.807, 2.05) is 0 Å². The van der Waals surface area contributed by atoms with E-state index < -0.39 is 11.9 Å². The van der Waals surface area contributed by atoms with E-state index in [0.29, 0.717) is 6.10 Å². The number of ether oxygens (including phenoxy) is 1. The molecule has 1 aliphatic rings. The van der Waals surface area contributed by atoms with Gasteiger partial charge in [-0.15, -0.1) is 0 Å². The number of aliphatic carboxylic acids is 2. The zero-order chi connectivity index (χ0) is 17.6. The molecular weight excluding hydrogens is 290 g/mol. The minimum Gasteiger partial charge on any atom is -0.473 e. The van der Waals surface area contributed by atoms with Gasteiger partial charge >= 0.3 is 11.9 Å². The van der Waals surface area contributed by atoms with Crippen LogP contribution >= 0.6 is 0 Å². The highest BCUT2D eigenvalue weighted by molar-refractivity contribution is 6.27. The molecule has 22 heavy (non-hydrogen) atoms. The highest BCUT2D eigenvalue weighted by Crippen LogP contribution is 2.39. The molecule has 0 aromatic heterocycles. The SMILES string of the molecule is CCCOC1CC(C)(C)N(OC)C(C)(C)C1.O=C(O)C(=O)O. The summed E-state index contributed by atoms with van der Waals surface area (Å²) in [6.07, 6.45) is 3.51. The number of carboxylic acids is 2. The summed E-state index contributed by atoms with van der Waals surface area (Å²) in [5.41, 5.74) is 0.0732. The van der Waals surface area contributed by atoms with Crippen molar-refractivity contribution in [2.45, 2.75) is 71.1 Å². The third-order valence-corrected chi connectivity index (χ3v) is 3.48. The second-order valence-corrected chi connectivity index (χ2v) is 6.61. The lowest BCUT2D eigenvalue weighted by Crippen LogP contribution is -2.61. The van der Waals surface area contributed by atoms with Gasteiger partial charge in [-0.05, 0) is 47.0 Å². The Hall–Kier alpha value is -1.18. The van der Waals surface area contributed by atoms with Gasteiger partial charge in [0.1, 0.15) is 0 Å². The number of hydrogen-bond acceptors (Lipinski definition) is 5. The van der Waals surface area contributed by atoms with Gasteiger partial charge in [0.25, 0.3) is 0 Å². The van der Waals surface area contributed by atoms with Crippen molar-refractivity contribution in [3.63, 3.8) is 0 Å². The van der Waals surface area contributed by atoms with Crippen molar-refractivity contribution in [1.29, 1.82) is 0 Å². The molecule has 1 saturated heterocycles. The Morgan fingerprint density at radius 1 is 1.09 bits per heavy atom. The third kappa shape index (κ3) is 6.29. The first-order valence-corrected chi connectivity index (χ1v) is 7.40. The van der Waals surface area contributed by atoms with Crippen LogP contribution in [0.5, 0.6) is 0 Å². The van der Waals surface area contributed by atoms with Crippen molar-refractivity contribution in [2.75, 3.05) is 13.7 Å². The molecule has 0 bridgehead atoms. The Morgan fingerprint density at radius 2 is 1.50 bits per heavy atom. The minimum atomic E-state index is -1.82.